The number of hydrogen-bond acceptors (Lipinski definition) is 6. The van der Waals surface area contributed by atoms with Crippen molar-refractivity contribution >= 4 is 29.2 Å². The topological polar surface area (TPSA) is 89.7 Å². The molecule has 10 heteroatoms. The molecule has 0 spiro atoms. The summed E-state index contributed by atoms with van der Waals surface area (Å²) in [6.45, 7) is 6.58. The van der Waals surface area contributed by atoms with Gasteiger partial charge in [0.05, 0.1) is 12.3 Å². The molecular formula is C25H28ClN5O4. The van der Waals surface area contributed by atoms with Crippen LogP contribution in [0.5, 0.6) is 0 Å². The number of anilines is 1. The molecule has 4 rings (SSSR count). The van der Waals surface area contributed by atoms with Crippen molar-refractivity contribution in [1.82, 2.24) is 19.2 Å². The van der Waals surface area contributed by atoms with Gasteiger partial charge in [-0.1, -0.05) is 18.5 Å². The summed E-state index contributed by atoms with van der Waals surface area (Å²) < 4.78 is 7.74. The number of Topliss-reactive ketones (excluding diaryl/α,β-unsaturated/α-hetero) is 1. The number of hydrogen-bond donors (Lipinski definition) is 0. The van der Waals surface area contributed by atoms with Crippen LogP contribution >= 0.6 is 11.6 Å². The zero-order chi connectivity index (χ0) is 24.9. The summed E-state index contributed by atoms with van der Waals surface area (Å²) in [6, 6.07) is 13.5. The molecule has 2 heterocycles. The molecule has 9 nitrogen and oxygen atoms in total. The number of carbonyl (C=O) groups is 2. The van der Waals surface area contributed by atoms with Crippen LogP contribution in [-0.2, 0) is 4.74 Å². The number of nitrogens with zero attached hydrogens (tertiary/aromatic N) is 5. The third kappa shape index (κ3) is 5.24. The van der Waals surface area contributed by atoms with Gasteiger partial charge in [-0.15, -0.1) is 0 Å². The van der Waals surface area contributed by atoms with Crippen molar-refractivity contribution in [2.75, 3.05) is 37.7 Å². The number of amides is 1. The molecule has 1 fully saturated rings. The lowest BCUT2D eigenvalue weighted by Crippen LogP contribution is -2.49. The first-order chi connectivity index (χ1) is 16.9. The van der Waals surface area contributed by atoms with E-state index in [0.29, 0.717) is 55.5 Å². The monoisotopic (exact) mass is 497 g/mol. The summed E-state index contributed by atoms with van der Waals surface area (Å²) >= 11 is 5.93. The van der Waals surface area contributed by atoms with E-state index in [2.05, 4.69) is 10.00 Å². The zero-order valence-corrected chi connectivity index (χ0v) is 20.5. The second kappa shape index (κ2) is 10.8. The predicted octanol–water partition coefficient (Wildman–Crippen LogP) is 3.80. The van der Waals surface area contributed by atoms with Crippen molar-refractivity contribution in [3.05, 3.63) is 75.9 Å². The molecule has 0 saturated carbocycles. The van der Waals surface area contributed by atoms with Crippen LogP contribution in [0.4, 0.5) is 10.5 Å². The van der Waals surface area contributed by atoms with Gasteiger partial charge in [0.15, 0.2) is 5.78 Å². The third-order valence-electron chi connectivity index (χ3n) is 6.11. The fourth-order valence-corrected chi connectivity index (χ4v) is 4.30. The number of carbonyl (C=O) groups excluding carboxylic acids is 2. The number of ether oxygens (including phenoxy) is 1. The van der Waals surface area contributed by atoms with Crippen LogP contribution < -0.4 is 10.6 Å². The summed E-state index contributed by atoms with van der Waals surface area (Å²) in [4.78, 5) is 41.9. The molecule has 0 bridgehead atoms. The Hall–Kier alpha value is -3.59. The molecule has 1 aromatic heterocycles. The number of halogens is 1. The van der Waals surface area contributed by atoms with Crippen LogP contribution in [0.15, 0.2) is 59.7 Å². The molecule has 2 aromatic carbocycles. The molecule has 1 atom stereocenters. The first kappa shape index (κ1) is 24.5. The van der Waals surface area contributed by atoms with Crippen LogP contribution in [0, 0.1) is 0 Å². The SMILES string of the molecule is CCOC(=O)N1CCN(c2ccc(-n3cnn(C(CC)C(=O)c4ccc(Cl)cc4)c3=O)cc2)CC1. The molecule has 1 aliphatic rings. The predicted molar refractivity (Wildman–Crippen MR) is 134 cm³/mol. The number of ketones is 1. The first-order valence-corrected chi connectivity index (χ1v) is 12.0. The number of benzene rings is 2. The number of piperazine rings is 1. The summed E-state index contributed by atoms with van der Waals surface area (Å²) in [5.74, 6) is -0.186. The molecule has 0 N–H and O–H groups in total. The van der Waals surface area contributed by atoms with E-state index in [9.17, 15) is 14.4 Å². The lowest BCUT2D eigenvalue weighted by molar-refractivity contribution is 0.0911. The Morgan fingerprint density at radius 2 is 1.60 bits per heavy atom. The van der Waals surface area contributed by atoms with Gasteiger partial charge in [0.25, 0.3) is 0 Å². The fraction of sp³-hybridized carbons (Fsp3) is 0.360. The van der Waals surface area contributed by atoms with E-state index in [-0.39, 0.29) is 17.6 Å². The smallest absolute Gasteiger partial charge is 0.409 e. The zero-order valence-electron chi connectivity index (χ0n) is 19.8. The van der Waals surface area contributed by atoms with Crippen LogP contribution in [-0.4, -0.2) is 63.9 Å². The lowest BCUT2D eigenvalue weighted by atomic mass is 10.0. The van der Waals surface area contributed by atoms with Crippen molar-refractivity contribution in [3.8, 4) is 5.69 Å². The van der Waals surface area contributed by atoms with Crippen molar-refractivity contribution < 1.29 is 14.3 Å². The van der Waals surface area contributed by atoms with E-state index in [1.54, 1.807) is 36.1 Å². The molecule has 3 aromatic rings. The van der Waals surface area contributed by atoms with Gasteiger partial charge in [-0.3, -0.25) is 4.79 Å². The summed E-state index contributed by atoms with van der Waals surface area (Å²) in [7, 11) is 0. The van der Waals surface area contributed by atoms with Gasteiger partial charge < -0.3 is 14.5 Å². The van der Waals surface area contributed by atoms with E-state index < -0.39 is 6.04 Å². The lowest BCUT2D eigenvalue weighted by Gasteiger charge is -2.35. The third-order valence-corrected chi connectivity index (χ3v) is 6.36. The molecular weight excluding hydrogens is 470 g/mol. The highest BCUT2D eigenvalue weighted by Gasteiger charge is 2.25. The summed E-state index contributed by atoms with van der Waals surface area (Å²) in [5.41, 5.74) is 1.76. The van der Waals surface area contributed by atoms with E-state index in [4.69, 9.17) is 16.3 Å². The van der Waals surface area contributed by atoms with Crippen LogP contribution in [0.1, 0.15) is 36.7 Å². The quantitative estimate of drug-likeness (QED) is 0.461. The second-order valence-electron chi connectivity index (χ2n) is 8.21. The Morgan fingerprint density at radius 3 is 2.20 bits per heavy atom. The normalized spacial score (nSPS) is 14.6. The molecule has 1 saturated heterocycles. The average Bonchev–Trinajstić information content (AvgIpc) is 3.26. The minimum absolute atomic E-state index is 0.186. The second-order valence-corrected chi connectivity index (χ2v) is 8.65. The van der Waals surface area contributed by atoms with E-state index in [1.807, 2.05) is 31.2 Å². The van der Waals surface area contributed by atoms with E-state index >= 15 is 0 Å². The van der Waals surface area contributed by atoms with Crippen molar-refractivity contribution in [1.29, 1.82) is 0 Å². The van der Waals surface area contributed by atoms with Crippen LogP contribution in [0.2, 0.25) is 5.02 Å². The van der Waals surface area contributed by atoms with Gasteiger partial charge in [-0.2, -0.15) is 5.10 Å². The molecule has 0 aliphatic carbocycles. The highest BCUT2D eigenvalue weighted by molar-refractivity contribution is 6.30. The van der Waals surface area contributed by atoms with Crippen molar-refractivity contribution in [2.24, 2.45) is 0 Å². The Labute approximate surface area is 208 Å². The molecule has 1 amide bonds. The Kier molecular flexibility index (Phi) is 7.55. The summed E-state index contributed by atoms with van der Waals surface area (Å²) in [6.07, 6.45) is 1.58. The van der Waals surface area contributed by atoms with Gasteiger partial charge >= 0.3 is 11.8 Å². The summed E-state index contributed by atoms with van der Waals surface area (Å²) in [5, 5.41) is 4.78. The fourth-order valence-electron chi connectivity index (χ4n) is 4.17. The maximum absolute atomic E-state index is 13.1. The Balaban J connectivity index is 1.47. The Morgan fingerprint density at radius 1 is 0.971 bits per heavy atom. The minimum atomic E-state index is -0.708. The van der Waals surface area contributed by atoms with Gasteiger partial charge in [0, 0.05) is 42.5 Å². The van der Waals surface area contributed by atoms with Crippen molar-refractivity contribution in [3.63, 3.8) is 0 Å². The number of aromatic nitrogens is 3. The van der Waals surface area contributed by atoms with E-state index in [1.165, 1.54) is 15.6 Å². The average molecular weight is 498 g/mol. The van der Waals surface area contributed by atoms with Gasteiger partial charge in [-0.25, -0.2) is 18.8 Å². The van der Waals surface area contributed by atoms with Crippen molar-refractivity contribution in [2.45, 2.75) is 26.3 Å². The minimum Gasteiger partial charge on any atom is -0.450 e. The Bertz CT molecular complexity index is 1230. The van der Waals surface area contributed by atoms with Gasteiger partial charge in [-0.05, 0) is 61.9 Å². The largest absolute Gasteiger partial charge is 0.450 e. The van der Waals surface area contributed by atoms with Gasteiger partial charge in [0.1, 0.15) is 12.4 Å². The number of rotatable bonds is 7. The maximum atomic E-state index is 13.1. The molecule has 0 radical (unpaired) electrons. The van der Waals surface area contributed by atoms with Crippen LogP contribution in [0.25, 0.3) is 5.69 Å². The molecule has 184 valence electrons. The highest BCUT2D eigenvalue weighted by atomic mass is 35.5. The van der Waals surface area contributed by atoms with Gasteiger partial charge in [0.2, 0.25) is 0 Å². The first-order valence-electron chi connectivity index (χ1n) is 11.7. The highest BCUT2D eigenvalue weighted by Crippen LogP contribution is 2.21. The maximum Gasteiger partial charge on any atom is 0.409 e. The molecule has 1 aliphatic heterocycles. The molecule has 1 unspecified atom stereocenters. The molecule has 35 heavy (non-hydrogen) atoms. The van der Waals surface area contributed by atoms with E-state index in [0.717, 1.165) is 5.69 Å². The standard InChI is InChI=1S/C25H28ClN5O4/c1-3-22(23(32)18-5-7-19(26)8-6-18)31-24(33)30(17-27-31)21-11-9-20(10-12-21)28-13-15-29(16-14-28)25(34)35-4-2/h5-12,17,22H,3-4,13-16H2,1-2H3. The van der Waals surface area contributed by atoms with Crippen LogP contribution in [0.3, 0.4) is 0 Å².